The molecule has 4 heteroatoms. The molecule has 1 heterocycles. The fraction of sp³-hybridized carbons (Fsp3) is 0.545. The molecule has 0 spiro atoms. The van der Waals surface area contributed by atoms with Crippen molar-refractivity contribution in [1.82, 2.24) is 10.3 Å². The Morgan fingerprint density at radius 1 is 1.47 bits per heavy atom. The van der Waals surface area contributed by atoms with Crippen molar-refractivity contribution in [2.45, 2.75) is 13.5 Å². The first kappa shape index (κ1) is 11.9. The molecule has 0 saturated heterocycles. The van der Waals surface area contributed by atoms with Crippen LogP contribution in [-0.4, -0.2) is 32.3 Å². The molecule has 15 heavy (non-hydrogen) atoms. The van der Waals surface area contributed by atoms with E-state index in [-0.39, 0.29) is 0 Å². The number of nitrogens with one attached hydrogen (secondary N) is 2. The minimum Gasteiger partial charge on any atom is -0.383 e. The van der Waals surface area contributed by atoms with Crippen LogP contribution < -0.4 is 10.6 Å². The lowest BCUT2D eigenvalue weighted by Gasteiger charge is -2.11. The van der Waals surface area contributed by atoms with E-state index in [1.807, 2.05) is 20.2 Å². The van der Waals surface area contributed by atoms with Gasteiger partial charge in [-0.25, -0.2) is 0 Å². The summed E-state index contributed by atoms with van der Waals surface area (Å²) >= 11 is 0. The molecule has 2 N–H and O–H groups in total. The van der Waals surface area contributed by atoms with Gasteiger partial charge in [-0.2, -0.15) is 0 Å². The number of aromatic nitrogens is 1. The quantitative estimate of drug-likeness (QED) is 0.690. The Morgan fingerprint density at radius 3 is 2.93 bits per heavy atom. The van der Waals surface area contributed by atoms with Gasteiger partial charge in [0, 0.05) is 43.3 Å². The van der Waals surface area contributed by atoms with Crippen LogP contribution in [0.2, 0.25) is 0 Å². The van der Waals surface area contributed by atoms with Gasteiger partial charge in [-0.1, -0.05) is 0 Å². The van der Waals surface area contributed by atoms with Crippen molar-refractivity contribution in [3.8, 4) is 0 Å². The zero-order valence-electron chi connectivity index (χ0n) is 9.63. The maximum atomic E-state index is 5.00. The average molecular weight is 209 g/mol. The molecular formula is C11H19N3O. The Morgan fingerprint density at radius 2 is 2.27 bits per heavy atom. The van der Waals surface area contributed by atoms with Crippen LogP contribution in [0.1, 0.15) is 11.3 Å². The monoisotopic (exact) mass is 209 g/mol. The standard InChI is InChI=1S/C11H19N3O/c1-9-6-11(13-4-5-15-3)10(7-12-2)8-14-9/h6,8,12H,4-5,7H2,1-3H3,(H,13,14). The summed E-state index contributed by atoms with van der Waals surface area (Å²) in [5, 5.41) is 6.46. The predicted octanol–water partition coefficient (Wildman–Crippen LogP) is 1.17. The van der Waals surface area contributed by atoms with Crippen LogP contribution in [0.3, 0.4) is 0 Å². The lowest BCUT2D eigenvalue weighted by atomic mass is 10.2. The Balaban J connectivity index is 2.68. The number of methoxy groups -OCH3 is 1. The molecule has 0 unspecified atom stereocenters. The Kier molecular flexibility index (Phi) is 5.07. The summed E-state index contributed by atoms with van der Waals surface area (Å²) in [5.74, 6) is 0. The van der Waals surface area contributed by atoms with E-state index in [1.54, 1.807) is 7.11 Å². The Labute approximate surface area is 91.1 Å². The average Bonchev–Trinajstić information content (AvgIpc) is 2.22. The summed E-state index contributed by atoms with van der Waals surface area (Å²) in [4.78, 5) is 4.28. The molecule has 0 amide bonds. The molecule has 0 bridgehead atoms. The lowest BCUT2D eigenvalue weighted by molar-refractivity contribution is 0.211. The van der Waals surface area contributed by atoms with Gasteiger partial charge in [0.05, 0.1) is 6.61 Å². The minimum atomic E-state index is 0.709. The number of rotatable bonds is 6. The van der Waals surface area contributed by atoms with Crippen LogP contribution in [-0.2, 0) is 11.3 Å². The van der Waals surface area contributed by atoms with E-state index in [0.717, 1.165) is 24.5 Å². The normalized spacial score (nSPS) is 10.3. The highest BCUT2D eigenvalue weighted by atomic mass is 16.5. The van der Waals surface area contributed by atoms with E-state index >= 15 is 0 Å². The first-order valence-electron chi connectivity index (χ1n) is 5.11. The number of nitrogens with zero attached hydrogens (tertiary/aromatic N) is 1. The van der Waals surface area contributed by atoms with Gasteiger partial charge in [-0.3, -0.25) is 4.98 Å². The Hall–Kier alpha value is -1.13. The van der Waals surface area contributed by atoms with Gasteiger partial charge in [0.25, 0.3) is 0 Å². The van der Waals surface area contributed by atoms with E-state index < -0.39 is 0 Å². The second-order valence-electron chi connectivity index (χ2n) is 3.43. The maximum Gasteiger partial charge on any atom is 0.0635 e. The zero-order valence-corrected chi connectivity index (χ0v) is 9.63. The van der Waals surface area contributed by atoms with E-state index in [4.69, 9.17) is 4.74 Å². The molecule has 1 rings (SSSR count). The molecule has 1 aromatic rings. The summed E-state index contributed by atoms with van der Waals surface area (Å²) in [6.45, 7) is 4.34. The summed E-state index contributed by atoms with van der Waals surface area (Å²) in [6.07, 6.45) is 1.90. The first-order chi connectivity index (χ1) is 7.27. The van der Waals surface area contributed by atoms with Crippen LogP contribution in [0.5, 0.6) is 0 Å². The second kappa shape index (κ2) is 6.37. The molecule has 0 aliphatic carbocycles. The van der Waals surface area contributed by atoms with Gasteiger partial charge in [-0.15, -0.1) is 0 Å². The van der Waals surface area contributed by atoms with Crippen LogP contribution >= 0.6 is 0 Å². The second-order valence-corrected chi connectivity index (χ2v) is 3.43. The van der Waals surface area contributed by atoms with Crippen LogP contribution in [0, 0.1) is 6.92 Å². The van der Waals surface area contributed by atoms with E-state index in [1.165, 1.54) is 5.56 Å². The maximum absolute atomic E-state index is 5.00. The molecule has 0 aromatic carbocycles. The van der Waals surface area contributed by atoms with Gasteiger partial charge >= 0.3 is 0 Å². The number of anilines is 1. The number of ether oxygens (including phenoxy) is 1. The van der Waals surface area contributed by atoms with Gasteiger partial charge in [0.2, 0.25) is 0 Å². The third-order valence-electron chi connectivity index (χ3n) is 2.11. The van der Waals surface area contributed by atoms with Crippen LogP contribution in [0.15, 0.2) is 12.3 Å². The Bertz CT molecular complexity index is 302. The SMILES string of the molecule is CNCc1cnc(C)cc1NCCOC. The molecule has 0 radical (unpaired) electrons. The van der Waals surface area contributed by atoms with Crippen molar-refractivity contribution in [2.75, 3.05) is 32.6 Å². The molecule has 0 atom stereocenters. The molecule has 0 fully saturated rings. The van der Waals surface area contributed by atoms with Crippen molar-refractivity contribution in [3.05, 3.63) is 23.5 Å². The fourth-order valence-corrected chi connectivity index (χ4v) is 1.37. The summed E-state index contributed by atoms with van der Waals surface area (Å²) < 4.78 is 5.00. The number of hydrogen-bond acceptors (Lipinski definition) is 4. The van der Waals surface area contributed by atoms with E-state index in [9.17, 15) is 0 Å². The highest BCUT2D eigenvalue weighted by Gasteiger charge is 2.01. The van der Waals surface area contributed by atoms with Crippen LogP contribution in [0.25, 0.3) is 0 Å². The number of pyridine rings is 1. The summed E-state index contributed by atoms with van der Waals surface area (Å²) in [5.41, 5.74) is 3.34. The third-order valence-corrected chi connectivity index (χ3v) is 2.11. The van der Waals surface area contributed by atoms with E-state index in [2.05, 4.69) is 21.7 Å². The van der Waals surface area contributed by atoms with Gasteiger partial charge in [0.1, 0.15) is 0 Å². The van der Waals surface area contributed by atoms with Gasteiger partial charge < -0.3 is 15.4 Å². The largest absolute Gasteiger partial charge is 0.383 e. The molecule has 4 nitrogen and oxygen atoms in total. The van der Waals surface area contributed by atoms with E-state index in [0.29, 0.717) is 6.61 Å². The molecule has 0 aliphatic heterocycles. The smallest absolute Gasteiger partial charge is 0.0635 e. The first-order valence-corrected chi connectivity index (χ1v) is 5.11. The van der Waals surface area contributed by atoms with Crippen molar-refractivity contribution in [1.29, 1.82) is 0 Å². The molecule has 0 aliphatic rings. The molecule has 84 valence electrons. The number of aryl methyl sites for hydroxylation is 1. The van der Waals surface area contributed by atoms with Gasteiger partial charge in [-0.05, 0) is 20.0 Å². The van der Waals surface area contributed by atoms with Gasteiger partial charge in [0.15, 0.2) is 0 Å². The lowest BCUT2D eigenvalue weighted by Crippen LogP contribution is -2.13. The minimum absolute atomic E-state index is 0.709. The van der Waals surface area contributed by atoms with Crippen LogP contribution in [0.4, 0.5) is 5.69 Å². The van der Waals surface area contributed by atoms with Crippen molar-refractivity contribution >= 4 is 5.69 Å². The summed E-state index contributed by atoms with van der Waals surface area (Å²) in [7, 11) is 3.63. The summed E-state index contributed by atoms with van der Waals surface area (Å²) in [6, 6.07) is 2.06. The fourth-order valence-electron chi connectivity index (χ4n) is 1.37. The number of hydrogen-bond donors (Lipinski definition) is 2. The topological polar surface area (TPSA) is 46.2 Å². The zero-order chi connectivity index (χ0) is 11.1. The molecule has 1 aromatic heterocycles. The molecular weight excluding hydrogens is 190 g/mol. The van der Waals surface area contributed by atoms with Crippen molar-refractivity contribution in [2.24, 2.45) is 0 Å². The van der Waals surface area contributed by atoms with Crippen molar-refractivity contribution in [3.63, 3.8) is 0 Å². The highest BCUT2D eigenvalue weighted by molar-refractivity contribution is 5.50. The van der Waals surface area contributed by atoms with Crippen molar-refractivity contribution < 1.29 is 4.74 Å². The predicted molar refractivity (Wildman–Crippen MR) is 62.1 cm³/mol. The third kappa shape index (κ3) is 3.85. The molecule has 0 saturated carbocycles. The highest BCUT2D eigenvalue weighted by Crippen LogP contribution is 2.14.